The van der Waals surface area contributed by atoms with Crippen LogP contribution in [0.4, 0.5) is 5.69 Å². The first-order valence-corrected chi connectivity index (χ1v) is 8.79. The number of rotatable bonds is 4. The molecule has 21 heavy (non-hydrogen) atoms. The van der Waals surface area contributed by atoms with Gasteiger partial charge in [-0.05, 0) is 36.8 Å². The quantitative estimate of drug-likeness (QED) is 0.911. The van der Waals surface area contributed by atoms with Crippen molar-refractivity contribution in [2.45, 2.75) is 18.0 Å². The lowest BCUT2D eigenvalue weighted by Gasteiger charge is -2.17. The predicted octanol–water partition coefficient (Wildman–Crippen LogP) is 3.97. The maximum atomic E-state index is 11.4. The SMILES string of the molecule is CC(Nc1ccc(S(C)(=O)=O)nc1)c1ccc(Cl)cc1Cl. The average molecular weight is 345 g/mol. The van der Waals surface area contributed by atoms with E-state index in [1.54, 1.807) is 18.2 Å². The first-order chi connectivity index (χ1) is 9.77. The number of pyridine rings is 1. The molecule has 2 rings (SSSR count). The largest absolute Gasteiger partial charge is 0.377 e. The van der Waals surface area contributed by atoms with Gasteiger partial charge in [0.1, 0.15) is 0 Å². The van der Waals surface area contributed by atoms with Gasteiger partial charge in [0.25, 0.3) is 0 Å². The molecule has 0 aliphatic rings. The summed E-state index contributed by atoms with van der Waals surface area (Å²) >= 11 is 12.0. The summed E-state index contributed by atoms with van der Waals surface area (Å²) in [7, 11) is -3.29. The molecule has 1 aromatic heterocycles. The van der Waals surface area contributed by atoms with Crippen LogP contribution in [0, 0.1) is 0 Å². The van der Waals surface area contributed by atoms with Crippen LogP contribution >= 0.6 is 23.2 Å². The van der Waals surface area contributed by atoms with Crippen molar-refractivity contribution < 1.29 is 8.42 Å². The van der Waals surface area contributed by atoms with Crippen LogP contribution in [0.15, 0.2) is 41.6 Å². The summed E-state index contributed by atoms with van der Waals surface area (Å²) in [6, 6.07) is 8.37. The minimum atomic E-state index is -3.29. The highest BCUT2D eigenvalue weighted by molar-refractivity contribution is 7.90. The van der Waals surface area contributed by atoms with Crippen molar-refractivity contribution in [3.63, 3.8) is 0 Å². The number of nitrogens with zero attached hydrogens (tertiary/aromatic N) is 1. The van der Waals surface area contributed by atoms with Gasteiger partial charge in [-0.25, -0.2) is 13.4 Å². The Morgan fingerprint density at radius 3 is 2.43 bits per heavy atom. The second-order valence-electron chi connectivity index (χ2n) is 4.69. The van der Waals surface area contributed by atoms with E-state index in [1.807, 2.05) is 13.0 Å². The Bertz CT molecular complexity index is 746. The monoisotopic (exact) mass is 344 g/mol. The highest BCUT2D eigenvalue weighted by Gasteiger charge is 2.12. The molecule has 1 unspecified atom stereocenters. The summed E-state index contributed by atoms with van der Waals surface area (Å²) < 4.78 is 22.7. The fraction of sp³-hybridized carbons (Fsp3) is 0.214. The molecule has 1 atom stereocenters. The Kier molecular flexibility index (Phi) is 4.76. The van der Waals surface area contributed by atoms with Gasteiger partial charge in [0.15, 0.2) is 14.9 Å². The molecule has 7 heteroatoms. The van der Waals surface area contributed by atoms with Gasteiger partial charge in [-0.2, -0.15) is 0 Å². The molecule has 0 aliphatic heterocycles. The molecule has 0 bridgehead atoms. The van der Waals surface area contributed by atoms with Crippen LogP contribution in [0.1, 0.15) is 18.5 Å². The third-order valence-electron chi connectivity index (χ3n) is 2.93. The summed E-state index contributed by atoms with van der Waals surface area (Å²) in [6.07, 6.45) is 2.61. The van der Waals surface area contributed by atoms with Gasteiger partial charge in [0.05, 0.1) is 17.9 Å². The number of anilines is 1. The summed E-state index contributed by atoms with van der Waals surface area (Å²) in [5, 5.41) is 4.41. The van der Waals surface area contributed by atoms with Crippen LogP contribution in [0.25, 0.3) is 0 Å². The molecule has 0 fully saturated rings. The maximum absolute atomic E-state index is 11.4. The van der Waals surface area contributed by atoms with Crippen molar-refractivity contribution in [2.75, 3.05) is 11.6 Å². The molecule has 0 aliphatic carbocycles. The molecular weight excluding hydrogens is 331 g/mol. The van der Waals surface area contributed by atoms with Crippen molar-refractivity contribution in [3.05, 3.63) is 52.1 Å². The Morgan fingerprint density at radius 2 is 1.90 bits per heavy atom. The first-order valence-electron chi connectivity index (χ1n) is 6.15. The van der Waals surface area contributed by atoms with Crippen LogP contribution in [0.2, 0.25) is 10.0 Å². The van der Waals surface area contributed by atoms with Crippen molar-refractivity contribution in [3.8, 4) is 0 Å². The average Bonchev–Trinajstić information content (AvgIpc) is 2.38. The molecule has 0 amide bonds. The molecular formula is C14H14Cl2N2O2S. The third kappa shape index (κ3) is 4.09. The number of hydrogen-bond acceptors (Lipinski definition) is 4. The molecule has 1 N–H and O–H groups in total. The van der Waals surface area contributed by atoms with Crippen LogP contribution in [0.5, 0.6) is 0 Å². The Hall–Kier alpha value is -1.30. The zero-order valence-corrected chi connectivity index (χ0v) is 13.8. The van der Waals surface area contributed by atoms with Gasteiger partial charge >= 0.3 is 0 Å². The maximum Gasteiger partial charge on any atom is 0.192 e. The van der Waals surface area contributed by atoms with E-state index < -0.39 is 9.84 Å². The first kappa shape index (κ1) is 16.1. The van der Waals surface area contributed by atoms with E-state index in [9.17, 15) is 8.42 Å². The Labute approximate surface area is 134 Å². The molecule has 2 aromatic rings. The molecule has 0 saturated carbocycles. The molecule has 1 heterocycles. The minimum Gasteiger partial charge on any atom is -0.377 e. The molecule has 1 aromatic carbocycles. The fourth-order valence-corrected chi connectivity index (χ4v) is 3.00. The summed E-state index contributed by atoms with van der Waals surface area (Å²) in [4.78, 5) is 3.93. The van der Waals surface area contributed by atoms with Crippen LogP contribution in [0.3, 0.4) is 0 Å². The van der Waals surface area contributed by atoms with E-state index in [1.165, 1.54) is 12.3 Å². The lowest BCUT2D eigenvalue weighted by atomic mass is 10.1. The summed E-state index contributed by atoms with van der Waals surface area (Å²) in [5.41, 5.74) is 1.61. The van der Waals surface area contributed by atoms with Crippen molar-refractivity contribution >= 4 is 38.7 Å². The summed E-state index contributed by atoms with van der Waals surface area (Å²) in [6.45, 7) is 1.94. The van der Waals surface area contributed by atoms with Crippen molar-refractivity contribution in [1.29, 1.82) is 0 Å². The number of halogens is 2. The Balaban J connectivity index is 2.18. The number of nitrogens with one attached hydrogen (secondary N) is 1. The molecule has 112 valence electrons. The lowest BCUT2D eigenvalue weighted by molar-refractivity contribution is 0.598. The number of sulfone groups is 1. The van der Waals surface area contributed by atoms with E-state index >= 15 is 0 Å². The third-order valence-corrected chi connectivity index (χ3v) is 4.49. The smallest absolute Gasteiger partial charge is 0.192 e. The second-order valence-corrected chi connectivity index (χ2v) is 7.50. The highest BCUT2D eigenvalue weighted by Crippen LogP contribution is 2.28. The normalized spacial score (nSPS) is 13.0. The van der Waals surface area contributed by atoms with Gasteiger partial charge in [-0.15, -0.1) is 0 Å². The molecule has 0 saturated heterocycles. The van der Waals surface area contributed by atoms with E-state index in [0.717, 1.165) is 11.8 Å². The minimum absolute atomic E-state index is 0.0465. The summed E-state index contributed by atoms with van der Waals surface area (Å²) in [5.74, 6) is 0. The van der Waals surface area contributed by atoms with E-state index in [2.05, 4.69) is 10.3 Å². The van der Waals surface area contributed by atoms with E-state index in [-0.39, 0.29) is 11.1 Å². The topological polar surface area (TPSA) is 59.1 Å². The number of aromatic nitrogens is 1. The van der Waals surface area contributed by atoms with E-state index in [4.69, 9.17) is 23.2 Å². The van der Waals surface area contributed by atoms with Gasteiger partial charge in [0.2, 0.25) is 0 Å². The van der Waals surface area contributed by atoms with Crippen molar-refractivity contribution in [1.82, 2.24) is 4.98 Å². The zero-order chi connectivity index (χ0) is 15.6. The van der Waals surface area contributed by atoms with Gasteiger partial charge in [-0.3, -0.25) is 0 Å². The van der Waals surface area contributed by atoms with Crippen LogP contribution in [-0.2, 0) is 9.84 Å². The fourth-order valence-electron chi connectivity index (χ4n) is 1.87. The zero-order valence-electron chi connectivity index (χ0n) is 11.5. The van der Waals surface area contributed by atoms with Gasteiger partial charge < -0.3 is 5.32 Å². The van der Waals surface area contributed by atoms with Crippen LogP contribution in [-0.4, -0.2) is 19.7 Å². The highest BCUT2D eigenvalue weighted by atomic mass is 35.5. The van der Waals surface area contributed by atoms with Gasteiger partial charge in [-0.1, -0.05) is 29.3 Å². The Morgan fingerprint density at radius 1 is 1.19 bits per heavy atom. The molecule has 0 spiro atoms. The number of hydrogen-bond donors (Lipinski definition) is 1. The van der Waals surface area contributed by atoms with E-state index in [0.29, 0.717) is 15.7 Å². The molecule has 0 radical (unpaired) electrons. The lowest BCUT2D eigenvalue weighted by Crippen LogP contribution is -2.08. The van der Waals surface area contributed by atoms with Crippen LogP contribution < -0.4 is 5.32 Å². The van der Waals surface area contributed by atoms with Gasteiger partial charge in [0, 0.05) is 16.3 Å². The second kappa shape index (κ2) is 6.22. The standard InChI is InChI=1S/C14H14Cl2N2O2S/c1-9(12-5-3-10(15)7-13(12)16)18-11-4-6-14(17-8-11)21(2,19)20/h3-9,18H,1-2H3. The molecule has 4 nitrogen and oxygen atoms in total. The predicted molar refractivity (Wildman–Crippen MR) is 85.8 cm³/mol. The number of benzene rings is 1. The van der Waals surface area contributed by atoms with Crippen molar-refractivity contribution in [2.24, 2.45) is 0 Å².